The third-order valence-corrected chi connectivity index (χ3v) is 6.36. The fourth-order valence-electron chi connectivity index (χ4n) is 3.44. The maximum Gasteiger partial charge on any atom is 0.0451 e. The zero-order valence-corrected chi connectivity index (χ0v) is 14.7. The molecule has 0 aromatic heterocycles. The maximum absolute atomic E-state index is 3.96. The molecule has 0 amide bonds. The van der Waals surface area contributed by atoms with Crippen molar-refractivity contribution in [2.75, 3.05) is 45.5 Å². The van der Waals surface area contributed by atoms with Crippen LogP contribution in [0.15, 0.2) is 30.3 Å². The molecule has 0 aliphatic carbocycles. The average Bonchev–Trinajstić information content (AvgIpc) is 2.95. The Morgan fingerprint density at radius 1 is 1.18 bits per heavy atom. The van der Waals surface area contributed by atoms with Gasteiger partial charge in [0.2, 0.25) is 0 Å². The van der Waals surface area contributed by atoms with Gasteiger partial charge in [-0.25, -0.2) is 0 Å². The second-order valence-electron chi connectivity index (χ2n) is 6.70. The topological polar surface area (TPSA) is 18.5 Å². The molecule has 3 atom stereocenters. The van der Waals surface area contributed by atoms with E-state index >= 15 is 0 Å². The predicted molar refractivity (Wildman–Crippen MR) is 96.6 cm³/mol. The molecule has 122 valence electrons. The van der Waals surface area contributed by atoms with Crippen LogP contribution in [-0.4, -0.2) is 66.6 Å². The minimum absolute atomic E-state index is 0.454. The van der Waals surface area contributed by atoms with Gasteiger partial charge in [-0.3, -0.25) is 4.90 Å². The van der Waals surface area contributed by atoms with Crippen LogP contribution in [0.1, 0.15) is 24.9 Å². The second-order valence-corrected chi connectivity index (χ2v) is 8.19. The van der Waals surface area contributed by atoms with Crippen molar-refractivity contribution in [3.63, 3.8) is 0 Å². The Hall–Kier alpha value is -0.550. The fourth-order valence-corrected chi connectivity index (χ4v) is 4.65. The molecule has 0 spiro atoms. The van der Waals surface area contributed by atoms with Crippen LogP contribution in [0.3, 0.4) is 0 Å². The van der Waals surface area contributed by atoms with E-state index in [9.17, 15) is 0 Å². The molecule has 1 N–H and O–H groups in total. The molecule has 0 unspecified atom stereocenters. The SMILES string of the molecule is C[C@@H]1SCC[C@H]1N[C@@H](CN1CCN(C)CC1)c1ccccc1. The molecule has 4 heteroatoms. The Balaban J connectivity index is 1.66. The van der Waals surface area contributed by atoms with Gasteiger partial charge in [0.25, 0.3) is 0 Å². The molecule has 0 saturated carbocycles. The van der Waals surface area contributed by atoms with Crippen LogP contribution >= 0.6 is 11.8 Å². The Morgan fingerprint density at radius 3 is 2.55 bits per heavy atom. The third-order valence-electron chi connectivity index (χ3n) is 5.03. The van der Waals surface area contributed by atoms with Gasteiger partial charge >= 0.3 is 0 Å². The number of hydrogen-bond acceptors (Lipinski definition) is 4. The Kier molecular flexibility index (Phi) is 5.80. The number of nitrogens with one attached hydrogen (secondary N) is 1. The van der Waals surface area contributed by atoms with Gasteiger partial charge < -0.3 is 10.2 Å². The van der Waals surface area contributed by atoms with Gasteiger partial charge in [-0.15, -0.1) is 0 Å². The van der Waals surface area contributed by atoms with Crippen molar-refractivity contribution in [1.29, 1.82) is 0 Å². The molecule has 0 radical (unpaired) electrons. The number of hydrogen-bond donors (Lipinski definition) is 1. The van der Waals surface area contributed by atoms with E-state index in [2.05, 4.69) is 71.2 Å². The van der Waals surface area contributed by atoms with Gasteiger partial charge in [-0.2, -0.15) is 11.8 Å². The molecule has 2 aliphatic heterocycles. The largest absolute Gasteiger partial charge is 0.305 e. The van der Waals surface area contributed by atoms with Gasteiger partial charge in [-0.05, 0) is 24.8 Å². The van der Waals surface area contributed by atoms with Gasteiger partial charge in [-0.1, -0.05) is 37.3 Å². The zero-order chi connectivity index (χ0) is 15.4. The average molecular weight is 320 g/mol. The highest BCUT2D eigenvalue weighted by molar-refractivity contribution is 8.00. The van der Waals surface area contributed by atoms with Crippen LogP contribution in [0, 0.1) is 0 Å². The summed E-state index contributed by atoms with van der Waals surface area (Å²) in [6.45, 7) is 8.26. The van der Waals surface area contributed by atoms with Crippen LogP contribution in [0.2, 0.25) is 0 Å². The smallest absolute Gasteiger partial charge is 0.0451 e. The van der Waals surface area contributed by atoms with Crippen LogP contribution in [0.5, 0.6) is 0 Å². The van der Waals surface area contributed by atoms with Gasteiger partial charge in [0.1, 0.15) is 0 Å². The van der Waals surface area contributed by atoms with Gasteiger partial charge in [0, 0.05) is 50.1 Å². The summed E-state index contributed by atoms with van der Waals surface area (Å²) in [6.07, 6.45) is 1.30. The van der Waals surface area contributed by atoms with Crippen LogP contribution in [-0.2, 0) is 0 Å². The lowest BCUT2D eigenvalue weighted by atomic mass is 10.0. The summed E-state index contributed by atoms with van der Waals surface area (Å²) in [5, 5.41) is 4.70. The Bertz CT molecular complexity index is 445. The van der Waals surface area contributed by atoms with Crippen molar-refractivity contribution in [3.8, 4) is 0 Å². The standard InChI is InChI=1S/C18H29N3S/c1-15-17(8-13-22-15)19-18(16-6-4-3-5-7-16)14-21-11-9-20(2)10-12-21/h3-7,15,17-19H,8-14H2,1-2H3/t15-,17+,18-/m0/s1. The van der Waals surface area contributed by atoms with E-state index in [0.29, 0.717) is 12.1 Å². The van der Waals surface area contributed by atoms with Crippen molar-refractivity contribution in [1.82, 2.24) is 15.1 Å². The summed E-state index contributed by atoms with van der Waals surface area (Å²) in [5.41, 5.74) is 1.44. The molecular weight excluding hydrogens is 290 g/mol. The summed E-state index contributed by atoms with van der Waals surface area (Å²) in [4.78, 5) is 5.05. The van der Waals surface area contributed by atoms with Crippen molar-refractivity contribution >= 4 is 11.8 Å². The van der Waals surface area contributed by atoms with Crippen LogP contribution in [0.4, 0.5) is 0 Å². The fraction of sp³-hybridized carbons (Fsp3) is 0.667. The predicted octanol–water partition coefficient (Wildman–Crippen LogP) is 2.46. The van der Waals surface area contributed by atoms with Gasteiger partial charge in [0.15, 0.2) is 0 Å². The highest BCUT2D eigenvalue weighted by Gasteiger charge is 2.28. The van der Waals surface area contributed by atoms with Crippen molar-refractivity contribution in [2.24, 2.45) is 0 Å². The van der Waals surface area contributed by atoms with Crippen LogP contribution in [0.25, 0.3) is 0 Å². The van der Waals surface area contributed by atoms with Gasteiger partial charge in [0.05, 0.1) is 0 Å². The molecule has 2 heterocycles. The molecule has 3 rings (SSSR count). The molecule has 1 aromatic rings. The minimum Gasteiger partial charge on any atom is -0.305 e. The van der Waals surface area contributed by atoms with E-state index in [-0.39, 0.29) is 0 Å². The number of benzene rings is 1. The molecule has 2 fully saturated rings. The second kappa shape index (κ2) is 7.82. The summed E-state index contributed by atoms with van der Waals surface area (Å²) in [7, 11) is 2.22. The van der Waals surface area contributed by atoms with E-state index in [1.54, 1.807) is 0 Å². The first-order valence-corrected chi connectivity index (χ1v) is 9.61. The lowest BCUT2D eigenvalue weighted by Crippen LogP contribution is -2.48. The van der Waals surface area contributed by atoms with Crippen molar-refractivity contribution < 1.29 is 0 Å². The quantitative estimate of drug-likeness (QED) is 0.898. The van der Waals surface area contributed by atoms with E-state index in [4.69, 9.17) is 0 Å². The normalized spacial score (nSPS) is 28.8. The molecule has 2 aliphatic rings. The van der Waals surface area contributed by atoms with E-state index in [0.717, 1.165) is 11.8 Å². The number of thioether (sulfide) groups is 1. The molecule has 3 nitrogen and oxygen atoms in total. The number of rotatable bonds is 5. The monoisotopic (exact) mass is 319 g/mol. The Labute approximate surface area is 139 Å². The number of piperazine rings is 1. The molecule has 2 saturated heterocycles. The zero-order valence-electron chi connectivity index (χ0n) is 13.9. The first-order valence-electron chi connectivity index (χ1n) is 8.56. The molecule has 1 aromatic carbocycles. The number of likely N-dealkylation sites (N-methyl/N-ethyl adjacent to an activating group) is 1. The first-order chi connectivity index (χ1) is 10.7. The summed E-state index contributed by atoms with van der Waals surface area (Å²) in [5.74, 6) is 1.30. The molecular formula is C18H29N3S. The summed E-state index contributed by atoms with van der Waals surface area (Å²) in [6, 6.07) is 12.1. The maximum atomic E-state index is 3.96. The highest BCUT2D eigenvalue weighted by atomic mass is 32.2. The summed E-state index contributed by atoms with van der Waals surface area (Å²) < 4.78 is 0. The lowest BCUT2D eigenvalue weighted by Gasteiger charge is -2.36. The van der Waals surface area contributed by atoms with Crippen molar-refractivity contribution in [3.05, 3.63) is 35.9 Å². The summed E-state index contributed by atoms with van der Waals surface area (Å²) >= 11 is 2.11. The molecule has 22 heavy (non-hydrogen) atoms. The van der Waals surface area contributed by atoms with E-state index in [1.807, 2.05) is 0 Å². The van der Waals surface area contributed by atoms with E-state index < -0.39 is 0 Å². The molecule has 0 bridgehead atoms. The lowest BCUT2D eigenvalue weighted by molar-refractivity contribution is 0.139. The minimum atomic E-state index is 0.454. The van der Waals surface area contributed by atoms with Crippen molar-refractivity contribution in [2.45, 2.75) is 30.7 Å². The van der Waals surface area contributed by atoms with E-state index in [1.165, 1.54) is 43.9 Å². The number of nitrogens with zero attached hydrogens (tertiary/aromatic N) is 2. The Morgan fingerprint density at radius 2 is 1.91 bits per heavy atom. The van der Waals surface area contributed by atoms with Crippen LogP contribution < -0.4 is 5.32 Å². The first kappa shape index (κ1) is 16.3. The third kappa shape index (κ3) is 4.25. The highest BCUT2D eigenvalue weighted by Crippen LogP contribution is 2.28.